The van der Waals surface area contributed by atoms with Gasteiger partial charge in [-0.05, 0) is 35.0 Å². The molecule has 4 rings (SSSR count). The van der Waals surface area contributed by atoms with Crippen LogP contribution in [0.1, 0.15) is 5.69 Å². The van der Waals surface area contributed by atoms with Crippen molar-refractivity contribution < 1.29 is 14.3 Å². The van der Waals surface area contributed by atoms with E-state index < -0.39 is 5.97 Å². The summed E-state index contributed by atoms with van der Waals surface area (Å²) in [5, 5.41) is 2.54. The Morgan fingerprint density at radius 2 is 1.86 bits per heavy atom. The maximum Gasteiger partial charge on any atom is 0.344 e. The monoisotopic (exact) mass is 394 g/mol. The number of carbonyl (C=O) groups excluding carboxylic acids is 1. The molecule has 0 spiro atoms. The zero-order valence-electron chi connectivity index (χ0n) is 14.7. The zero-order chi connectivity index (χ0) is 19.5. The maximum absolute atomic E-state index is 12.1. The highest BCUT2D eigenvalue weighted by Gasteiger charge is 2.08. The summed E-state index contributed by atoms with van der Waals surface area (Å²) in [7, 11) is 0. The third-order valence-corrected chi connectivity index (χ3v) is 4.36. The van der Waals surface area contributed by atoms with E-state index in [1.807, 2.05) is 36.4 Å². The van der Waals surface area contributed by atoms with E-state index in [4.69, 9.17) is 21.1 Å². The molecule has 0 fully saturated rings. The number of halogens is 1. The molecule has 0 aliphatic heterocycles. The maximum atomic E-state index is 12.1. The van der Waals surface area contributed by atoms with Crippen molar-refractivity contribution in [2.24, 2.45) is 0 Å². The van der Waals surface area contributed by atoms with Gasteiger partial charge in [-0.3, -0.25) is 9.20 Å². The Morgan fingerprint density at radius 1 is 1.04 bits per heavy atom. The van der Waals surface area contributed by atoms with Crippen LogP contribution in [0.25, 0.3) is 16.4 Å². The number of benzene rings is 2. The number of aromatic nitrogens is 2. The Balaban J connectivity index is 1.38. The molecule has 0 bridgehead atoms. The molecular formula is C21H15ClN2O4. The Morgan fingerprint density at radius 3 is 2.71 bits per heavy atom. The molecule has 2 heterocycles. The summed E-state index contributed by atoms with van der Waals surface area (Å²) in [6.45, 7) is -0.352. The van der Waals surface area contributed by atoms with Crippen LogP contribution in [-0.2, 0) is 16.1 Å². The quantitative estimate of drug-likeness (QED) is 0.483. The molecule has 2 aromatic heterocycles. The fraction of sp³-hybridized carbons (Fsp3) is 0.0952. The van der Waals surface area contributed by atoms with Crippen LogP contribution in [0, 0.1) is 0 Å². The van der Waals surface area contributed by atoms with Crippen LogP contribution >= 0.6 is 11.6 Å². The summed E-state index contributed by atoms with van der Waals surface area (Å²) in [4.78, 5) is 28.4. The van der Waals surface area contributed by atoms with Gasteiger partial charge in [0, 0.05) is 12.3 Å². The summed E-state index contributed by atoms with van der Waals surface area (Å²) in [5.41, 5.74) is 0.479. The van der Waals surface area contributed by atoms with E-state index in [0.717, 1.165) is 10.8 Å². The second-order valence-corrected chi connectivity index (χ2v) is 6.56. The lowest BCUT2D eigenvalue weighted by molar-refractivity contribution is -0.147. The lowest BCUT2D eigenvalue weighted by atomic mass is 10.1. The van der Waals surface area contributed by atoms with Crippen LogP contribution in [0.4, 0.5) is 0 Å². The number of nitrogens with zero attached hydrogens (tertiary/aromatic N) is 2. The Kier molecular flexibility index (Phi) is 4.95. The minimum atomic E-state index is -0.550. The lowest BCUT2D eigenvalue weighted by Crippen LogP contribution is -2.18. The molecule has 0 saturated heterocycles. The average molecular weight is 395 g/mol. The van der Waals surface area contributed by atoms with Crippen LogP contribution in [-0.4, -0.2) is 22.0 Å². The first-order valence-corrected chi connectivity index (χ1v) is 8.91. The molecule has 0 saturated carbocycles. The SMILES string of the molecule is O=C(COc1ccc2ccccc2c1)OCc1cc(=O)n2cc(Cl)ccc2n1. The normalized spacial score (nSPS) is 10.9. The molecule has 0 atom stereocenters. The smallest absolute Gasteiger partial charge is 0.344 e. The second kappa shape index (κ2) is 7.70. The van der Waals surface area contributed by atoms with Crippen molar-refractivity contribution in [3.8, 4) is 5.75 Å². The minimum absolute atomic E-state index is 0.117. The molecule has 4 aromatic rings. The first kappa shape index (κ1) is 18.0. The summed E-state index contributed by atoms with van der Waals surface area (Å²) >= 11 is 5.88. The van der Waals surface area contributed by atoms with E-state index in [-0.39, 0.29) is 18.8 Å². The van der Waals surface area contributed by atoms with Gasteiger partial charge >= 0.3 is 5.97 Å². The molecule has 0 radical (unpaired) electrons. The van der Waals surface area contributed by atoms with Crippen molar-refractivity contribution in [1.29, 1.82) is 0 Å². The van der Waals surface area contributed by atoms with Gasteiger partial charge < -0.3 is 9.47 Å². The standard InChI is InChI=1S/C21H15ClN2O4/c22-16-6-8-19-23-17(10-20(25)24(19)11-16)12-28-21(26)13-27-18-7-5-14-3-1-2-4-15(14)9-18/h1-11H,12-13H2. The third-order valence-electron chi connectivity index (χ3n) is 4.14. The highest BCUT2D eigenvalue weighted by Crippen LogP contribution is 2.20. The van der Waals surface area contributed by atoms with Crippen LogP contribution in [0.15, 0.2) is 71.7 Å². The largest absolute Gasteiger partial charge is 0.482 e. The highest BCUT2D eigenvalue weighted by molar-refractivity contribution is 6.30. The summed E-state index contributed by atoms with van der Waals surface area (Å²) in [6, 6.07) is 18.0. The Labute approximate surface area is 164 Å². The van der Waals surface area contributed by atoms with Crippen LogP contribution in [0.5, 0.6) is 5.75 Å². The number of ether oxygens (including phenoxy) is 2. The predicted molar refractivity (Wildman–Crippen MR) is 106 cm³/mol. The van der Waals surface area contributed by atoms with E-state index in [2.05, 4.69) is 4.98 Å². The highest BCUT2D eigenvalue weighted by atomic mass is 35.5. The van der Waals surface area contributed by atoms with Gasteiger partial charge in [0.15, 0.2) is 6.61 Å². The van der Waals surface area contributed by atoms with Gasteiger partial charge in [-0.15, -0.1) is 0 Å². The van der Waals surface area contributed by atoms with Crippen molar-refractivity contribution in [2.45, 2.75) is 6.61 Å². The summed E-state index contributed by atoms with van der Waals surface area (Å²) in [5.74, 6) is 0.0286. The summed E-state index contributed by atoms with van der Waals surface area (Å²) < 4.78 is 12.0. The van der Waals surface area contributed by atoms with Crippen molar-refractivity contribution in [3.05, 3.63) is 87.9 Å². The molecule has 0 N–H and O–H groups in total. The number of esters is 1. The van der Waals surface area contributed by atoms with Crippen LogP contribution in [0.3, 0.4) is 0 Å². The topological polar surface area (TPSA) is 69.9 Å². The van der Waals surface area contributed by atoms with E-state index in [9.17, 15) is 9.59 Å². The van der Waals surface area contributed by atoms with Gasteiger partial charge in [-0.2, -0.15) is 0 Å². The molecule has 2 aromatic carbocycles. The molecule has 6 nitrogen and oxygen atoms in total. The number of hydrogen-bond acceptors (Lipinski definition) is 5. The lowest BCUT2D eigenvalue weighted by Gasteiger charge is -2.08. The fourth-order valence-electron chi connectivity index (χ4n) is 2.80. The molecular weight excluding hydrogens is 380 g/mol. The fourth-order valence-corrected chi connectivity index (χ4v) is 2.96. The number of hydrogen-bond donors (Lipinski definition) is 0. The van der Waals surface area contributed by atoms with Gasteiger partial charge in [-0.25, -0.2) is 9.78 Å². The molecule has 28 heavy (non-hydrogen) atoms. The number of fused-ring (bicyclic) bond motifs is 2. The zero-order valence-corrected chi connectivity index (χ0v) is 15.4. The second-order valence-electron chi connectivity index (χ2n) is 6.12. The first-order valence-electron chi connectivity index (χ1n) is 8.53. The molecule has 0 aliphatic rings. The van der Waals surface area contributed by atoms with Gasteiger partial charge in [0.25, 0.3) is 5.56 Å². The first-order chi connectivity index (χ1) is 13.6. The van der Waals surface area contributed by atoms with Crippen LogP contribution in [0.2, 0.25) is 5.02 Å². The van der Waals surface area contributed by atoms with Gasteiger partial charge in [-0.1, -0.05) is 41.9 Å². The van der Waals surface area contributed by atoms with E-state index in [1.165, 1.54) is 16.7 Å². The number of rotatable bonds is 5. The number of pyridine rings is 1. The molecule has 0 aliphatic carbocycles. The van der Waals surface area contributed by atoms with E-state index >= 15 is 0 Å². The van der Waals surface area contributed by atoms with Gasteiger partial charge in [0.1, 0.15) is 18.0 Å². The van der Waals surface area contributed by atoms with Gasteiger partial charge in [0.05, 0.1) is 10.7 Å². The Bertz CT molecular complexity index is 1240. The molecule has 0 amide bonds. The van der Waals surface area contributed by atoms with Crippen molar-refractivity contribution in [2.75, 3.05) is 6.61 Å². The van der Waals surface area contributed by atoms with Crippen LogP contribution < -0.4 is 10.3 Å². The molecule has 0 unspecified atom stereocenters. The van der Waals surface area contributed by atoms with E-state index in [0.29, 0.717) is 22.1 Å². The van der Waals surface area contributed by atoms with Crippen molar-refractivity contribution in [1.82, 2.24) is 9.38 Å². The predicted octanol–water partition coefficient (Wildman–Crippen LogP) is 3.62. The van der Waals surface area contributed by atoms with Crippen molar-refractivity contribution in [3.63, 3.8) is 0 Å². The minimum Gasteiger partial charge on any atom is -0.482 e. The Hall–Kier alpha value is -3.38. The summed E-state index contributed by atoms with van der Waals surface area (Å²) in [6.07, 6.45) is 1.49. The average Bonchev–Trinajstić information content (AvgIpc) is 2.71. The molecule has 140 valence electrons. The van der Waals surface area contributed by atoms with Gasteiger partial charge in [0.2, 0.25) is 0 Å². The molecule has 7 heteroatoms. The number of carbonyl (C=O) groups is 1. The third kappa shape index (κ3) is 3.97. The van der Waals surface area contributed by atoms with E-state index in [1.54, 1.807) is 18.2 Å². The van der Waals surface area contributed by atoms with Crippen molar-refractivity contribution >= 4 is 34.0 Å².